The topological polar surface area (TPSA) is 51.2 Å². The molecule has 1 aliphatic heterocycles. The third kappa shape index (κ3) is 0.369. The molecule has 0 aromatic rings. The Bertz CT molecular complexity index is 493. The normalized spacial score (nSPS) is 73.3. The second kappa shape index (κ2) is 1.51. The van der Waals surface area contributed by atoms with Gasteiger partial charge in [-0.2, -0.15) is 0 Å². The molecule has 1 heterocycles. The van der Waals surface area contributed by atoms with E-state index in [9.17, 15) is 13.2 Å². The van der Waals surface area contributed by atoms with Gasteiger partial charge in [-0.05, 0) is 30.1 Å². The van der Waals surface area contributed by atoms with Crippen molar-refractivity contribution in [3.63, 3.8) is 0 Å². The summed E-state index contributed by atoms with van der Waals surface area (Å²) in [5.74, 6) is 1.97. The van der Waals surface area contributed by atoms with Gasteiger partial charge in [-0.25, -0.2) is 8.42 Å². The van der Waals surface area contributed by atoms with Crippen LogP contribution in [0.3, 0.4) is 0 Å². The fraction of sp³-hybridized carbons (Fsp3) is 0.900. The van der Waals surface area contributed by atoms with Crippen LogP contribution in [0.15, 0.2) is 0 Å². The molecular formula is C10H10O3S. The zero-order chi connectivity index (χ0) is 9.40. The summed E-state index contributed by atoms with van der Waals surface area (Å²) in [5, 5.41) is -0.455. The van der Waals surface area contributed by atoms with Crippen LogP contribution in [0.1, 0.15) is 6.42 Å². The fourth-order valence-electron chi connectivity index (χ4n) is 5.73. The van der Waals surface area contributed by atoms with Gasteiger partial charge >= 0.3 is 0 Å². The highest BCUT2D eigenvalue weighted by atomic mass is 32.2. The van der Waals surface area contributed by atoms with E-state index in [1.807, 2.05) is 0 Å². The number of rotatable bonds is 0. The minimum Gasteiger partial charge on any atom is -0.299 e. The Morgan fingerprint density at radius 3 is 2.57 bits per heavy atom. The van der Waals surface area contributed by atoms with Gasteiger partial charge < -0.3 is 0 Å². The van der Waals surface area contributed by atoms with Crippen molar-refractivity contribution >= 4 is 15.6 Å². The molecule has 5 fully saturated rings. The minimum absolute atomic E-state index is 0.0521. The molecule has 4 saturated carbocycles. The molecule has 4 aliphatic carbocycles. The Morgan fingerprint density at radius 1 is 1.00 bits per heavy atom. The third-order valence-electron chi connectivity index (χ3n) is 5.78. The molecule has 5 aliphatic rings. The summed E-state index contributed by atoms with van der Waals surface area (Å²) in [5.41, 5.74) is 0. The maximum Gasteiger partial charge on any atom is 0.158 e. The maximum absolute atomic E-state index is 12.1. The van der Waals surface area contributed by atoms with Gasteiger partial charge in [-0.15, -0.1) is 0 Å². The van der Waals surface area contributed by atoms with Gasteiger partial charge in [0.05, 0.1) is 10.5 Å². The van der Waals surface area contributed by atoms with E-state index in [0.29, 0.717) is 29.5 Å². The first-order chi connectivity index (χ1) is 6.64. The molecule has 3 nitrogen and oxygen atoms in total. The van der Waals surface area contributed by atoms with Crippen molar-refractivity contribution in [2.75, 3.05) is 0 Å². The van der Waals surface area contributed by atoms with Crippen LogP contribution in [-0.4, -0.2) is 24.7 Å². The lowest BCUT2D eigenvalue weighted by Crippen LogP contribution is -2.52. The fourth-order valence-corrected chi connectivity index (χ4v) is 9.16. The molecule has 0 radical (unpaired) electrons. The highest BCUT2D eigenvalue weighted by Gasteiger charge is 2.86. The number of Topliss-reactive ketones (excluding diaryl/α,β-unsaturated/α-hetero) is 1. The average molecular weight is 210 g/mol. The molecule has 0 N–H and O–H groups in total. The molecule has 2 bridgehead atoms. The summed E-state index contributed by atoms with van der Waals surface area (Å²) in [6, 6.07) is 0. The Kier molecular flexibility index (Phi) is 0.752. The van der Waals surface area contributed by atoms with E-state index in [4.69, 9.17) is 0 Å². The number of hydrogen-bond donors (Lipinski definition) is 0. The first-order valence-corrected chi connectivity index (χ1v) is 7.01. The van der Waals surface area contributed by atoms with Crippen molar-refractivity contribution in [2.45, 2.75) is 16.9 Å². The predicted molar refractivity (Wildman–Crippen MR) is 47.1 cm³/mol. The van der Waals surface area contributed by atoms with Gasteiger partial charge in [-0.3, -0.25) is 4.79 Å². The van der Waals surface area contributed by atoms with E-state index in [-0.39, 0.29) is 22.3 Å². The number of hydrogen-bond acceptors (Lipinski definition) is 3. The van der Waals surface area contributed by atoms with Crippen LogP contribution in [0.25, 0.3) is 0 Å². The van der Waals surface area contributed by atoms with Gasteiger partial charge in [0, 0.05) is 11.8 Å². The molecule has 0 aromatic carbocycles. The number of carbonyl (C=O) groups is 1. The number of ketones is 1. The molecule has 5 rings (SSSR count). The van der Waals surface area contributed by atoms with Crippen molar-refractivity contribution in [1.82, 2.24) is 0 Å². The average Bonchev–Trinajstić information content (AvgIpc) is 2.52. The Hall–Kier alpha value is -0.380. The predicted octanol–water partition coefficient (Wildman–Crippen LogP) is -0.137. The summed E-state index contributed by atoms with van der Waals surface area (Å²) < 4.78 is 24.2. The molecule has 74 valence electrons. The van der Waals surface area contributed by atoms with Gasteiger partial charge in [0.2, 0.25) is 0 Å². The molecule has 0 spiro atoms. The molecule has 8 atom stereocenters. The van der Waals surface area contributed by atoms with Crippen molar-refractivity contribution in [2.24, 2.45) is 35.5 Å². The van der Waals surface area contributed by atoms with E-state index in [1.165, 1.54) is 0 Å². The number of carbonyl (C=O) groups excluding carboxylic acids is 1. The monoisotopic (exact) mass is 210 g/mol. The Balaban J connectivity index is 1.95. The Labute approximate surface area is 81.8 Å². The van der Waals surface area contributed by atoms with Crippen LogP contribution >= 0.6 is 0 Å². The highest BCUT2D eigenvalue weighted by Crippen LogP contribution is 2.78. The summed E-state index contributed by atoms with van der Waals surface area (Å²) in [4.78, 5) is 11.9. The molecule has 4 heteroatoms. The Morgan fingerprint density at radius 2 is 1.79 bits per heavy atom. The molecule has 0 unspecified atom stereocenters. The van der Waals surface area contributed by atoms with E-state index in [1.54, 1.807) is 0 Å². The van der Waals surface area contributed by atoms with Crippen LogP contribution in [-0.2, 0) is 14.6 Å². The quantitative estimate of drug-likeness (QED) is 0.559. The van der Waals surface area contributed by atoms with Crippen LogP contribution in [0.2, 0.25) is 0 Å². The highest BCUT2D eigenvalue weighted by molar-refractivity contribution is 7.93. The van der Waals surface area contributed by atoms with Crippen molar-refractivity contribution < 1.29 is 13.2 Å². The summed E-state index contributed by atoms with van der Waals surface area (Å²) in [6.07, 6.45) is 1.04. The van der Waals surface area contributed by atoms with Gasteiger partial charge in [0.1, 0.15) is 5.78 Å². The van der Waals surface area contributed by atoms with Gasteiger partial charge in [0.15, 0.2) is 9.84 Å². The largest absolute Gasteiger partial charge is 0.299 e. The van der Waals surface area contributed by atoms with E-state index >= 15 is 0 Å². The molecular weight excluding hydrogens is 200 g/mol. The molecule has 0 amide bonds. The third-order valence-corrected chi connectivity index (χ3v) is 8.55. The number of fused-ring (bicyclic) bond motifs is 2. The van der Waals surface area contributed by atoms with Gasteiger partial charge in [-0.1, -0.05) is 0 Å². The lowest BCUT2D eigenvalue weighted by Gasteiger charge is -2.42. The number of sulfone groups is 1. The van der Waals surface area contributed by atoms with Crippen molar-refractivity contribution in [1.29, 1.82) is 0 Å². The molecule has 1 saturated heterocycles. The SMILES string of the molecule is O=C1[C@@H]2[C@@H]3C[C@@H]4[C@H]5[C@H]3[C@H]1[C@@H]5S(=O)(=O)[C@H]42. The second-order valence-corrected chi connectivity index (χ2v) is 7.96. The zero-order valence-corrected chi connectivity index (χ0v) is 8.28. The maximum atomic E-state index is 12.1. The van der Waals surface area contributed by atoms with Gasteiger partial charge in [0.25, 0.3) is 0 Å². The smallest absolute Gasteiger partial charge is 0.158 e. The summed E-state index contributed by atoms with van der Waals surface area (Å²) in [6.45, 7) is 0. The van der Waals surface area contributed by atoms with E-state index in [0.717, 1.165) is 6.42 Å². The first-order valence-electron chi connectivity index (χ1n) is 5.40. The molecule has 14 heavy (non-hydrogen) atoms. The van der Waals surface area contributed by atoms with Crippen LogP contribution in [0, 0.1) is 35.5 Å². The van der Waals surface area contributed by atoms with Crippen LogP contribution < -0.4 is 0 Å². The van der Waals surface area contributed by atoms with E-state index in [2.05, 4.69) is 0 Å². The minimum atomic E-state index is -2.90. The van der Waals surface area contributed by atoms with Crippen LogP contribution in [0.4, 0.5) is 0 Å². The summed E-state index contributed by atoms with van der Waals surface area (Å²) >= 11 is 0. The summed E-state index contributed by atoms with van der Waals surface area (Å²) in [7, 11) is -2.90. The first kappa shape index (κ1) is 6.99. The lowest BCUT2D eigenvalue weighted by atomic mass is 9.64. The molecule has 0 aromatic heterocycles. The van der Waals surface area contributed by atoms with E-state index < -0.39 is 9.84 Å². The second-order valence-electron chi connectivity index (χ2n) is 5.69. The zero-order valence-electron chi connectivity index (χ0n) is 7.46. The standard InChI is InChI=1S/C10H10O3S/c11-8-6-2-1-3-5-4(2)7(8)10(5)14(12,13)9(3)6/h2-7,9-10H,1H2/t2-,3-,4+,5+,6+,7-,9-,10-/m1/s1. The van der Waals surface area contributed by atoms with Crippen molar-refractivity contribution in [3.8, 4) is 0 Å². The van der Waals surface area contributed by atoms with Crippen molar-refractivity contribution in [3.05, 3.63) is 0 Å². The lowest BCUT2D eigenvalue weighted by molar-refractivity contribution is -0.126. The van der Waals surface area contributed by atoms with Crippen LogP contribution in [0.5, 0.6) is 0 Å².